The molecule has 0 atom stereocenters. The number of nitrogens with zero attached hydrogens (tertiary/aromatic N) is 2. The second-order valence-electron chi connectivity index (χ2n) is 7.40. The van der Waals surface area contributed by atoms with E-state index in [1.54, 1.807) is 67.6 Å². The number of carbonyl (C=O) groups excluding carboxylic acids is 1. The van der Waals surface area contributed by atoms with Crippen LogP contribution in [0.15, 0.2) is 82.8 Å². The van der Waals surface area contributed by atoms with E-state index < -0.39 is 22.5 Å². The van der Waals surface area contributed by atoms with Gasteiger partial charge in [-0.1, -0.05) is 59.1 Å². The molecule has 32 heavy (non-hydrogen) atoms. The number of amides is 1. The number of carbonyl (C=O) groups is 1. The Morgan fingerprint density at radius 3 is 2.00 bits per heavy atom. The minimum Gasteiger partial charge on any atom is -0.271 e. The number of sulfonamides is 1. The highest BCUT2D eigenvalue weighted by Gasteiger charge is 2.27. The van der Waals surface area contributed by atoms with E-state index in [9.17, 15) is 13.2 Å². The molecule has 0 aliphatic carbocycles. The van der Waals surface area contributed by atoms with Crippen molar-refractivity contribution in [2.24, 2.45) is 5.10 Å². The van der Waals surface area contributed by atoms with E-state index in [2.05, 4.69) is 10.5 Å². The van der Waals surface area contributed by atoms with Gasteiger partial charge in [0.05, 0.1) is 16.3 Å². The highest BCUT2D eigenvalue weighted by atomic mass is 35.5. The third-order valence-electron chi connectivity index (χ3n) is 4.83. The number of hydrogen-bond acceptors (Lipinski definition) is 4. The molecule has 166 valence electrons. The first kappa shape index (κ1) is 23.5. The summed E-state index contributed by atoms with van der Waals surface area (Å²) < 4.78 is 27.8. The van der Waals surface area contributed by atoms with Crippen LogP contribution in [0.4, 0.5) is 5.69 Å². The summed E-state index contributed by atoms with van der Waals surface area (Å²) in [7, 11) is -3.96. The van der Waals surface area contributed by atoms with Gasteiger partial charge in [0, 0.05) is 5.02 Å². The Hall–Kier alpha value is -3.16. The van der Waals surface area contributed by atoms with Gasteiger partial charge in [-0.25, -0.2) is 13.8 Å². The van der Waals surface area contributed by atoms with Crippen LogP contribution in [0.3, 0.4) is 0 Å². The van der Waals surface area contributed by atoms with Gasteiger partial charge in [-0.3, -0.25) is 9.10 Å². The molecule has 3 rings (SSSR count). The molecule has 0 aromatic heterocycles. The van der Waals surface area contributed by atoms with Crippen LogP contribution in [0, 0.1) is 13.8 Å². The number of anilines is 1. The largest absolute Gasteiger partial charge is 0.271 e. The quantitative estimate of drug-likeness (QED) is 0.402. The summed E-state index contributed by atoms with van der Waals surface area (Å²) in [5.41, 5.74) is 6.12. The topological polar surface area (TPSA) is 78.8 Å². The Morgan fingerprint density at radius 1 is 0.906 bits per heavy atom. The van der Waals surface area contributed by atoms with Gasteiger partial charge in [0.25, 0.3) is 15.9 Å². The van der Waals surface area contributed by atoms with Crippen molar-refractivity contribution >= 4 is 38.9 Å². The normalized spacial score (nSPS) is 11.8. The summed E-state index contributed by atoms with van der Waals surface area (Å²) in [5.74, 6) is -0.561. The zero-order chi connectivity index (χ0) is 23.3. The molecule has 0 saturated carbocycles. The van der Waals surface area contributed by atoms with Crippen molar-refractivity contribution in [2.75, 3.05) is 10.8 Å². The third kappa shape index (κ3) is 5.75. The average molecular weight is 470 g/mol. The van der Waals surface area contributed by atoms with Crippen molar-refractivity contribution in [3.05, 3.63) is 94.5 Å². The summed E-state index contributed by atoms with van der Waals surface area (Å²) in [5, 5.41) is 4.70. The Balaban J connectivity index is 1.86. The standard InChI is InChI=1S/C24H24ClN3O3S/c1-17-4-12-22(13-5-17)28(32(30,31)23-14-6-18(2)7-15-23)16-24(29)27-26-19(3)20-8-10-21(25)11-9-20/h4-15H,16H2,1-3H3,(H,27,29)/b26-19-. The Labute approximate surface area is 193 Å². The number of hydrogen-bond donors (Lipinski definition) is 1. The molecule has 0 spiro atoms. The Kier molecular flexibility index (Phi) is 7.33. The van der Waals surface area contributed by atoms with Crippen LogP contribution in [0.1, 0.15) is 23.6 Å². The molecule has 6 nitrogen and oxygen atoms in total. The number of hydrazone groups is 1. The predicted octanol–water partition coefficient (Wildman–Crippen LogP) is 4.69. The molecule has 0 aliphatic heterocycles. The number of nitrogens with one attached hydrogen (secondary N) is 1. The zero-order valence-electron chi connectivity index (χ0n) is 18.0. The smallest absolute Gasteiger partial charge is 0.264 e. The summed E-state index contributed by atoms with van der Waals surface area (Å²) in [4.78, 5) is 12.8. The molecule has 0 saturated heterocycles. The van der Waals surface area contributed by atoms with Gasteiger partial charge < -0.3 is 0 Å². The van der Waals surface area contributed by atoms with E-state index in [1.165, 1.54) is 12.1 Å². The molecule has 3 aromatic carbocycles. The average Bonchev–Trinajstić information content (AvgIpc) is 2.77. The second kappa shape index (κ2) is 9.97. The van der Waals surface area contributed by atoms with Gasteiger partial charge in [0.15, 0.2) is 0 Å². The summed E-state index contributed by atoms with van der Waals surface area (Å²) >= 11 is 5.90. The zero-order valence-corrected chi connectivity index (χ0v) is 19.6. The molecule has 0 unspecified atom stereocenters. The minimum absolute atomic E-state index is 0.109. The molecule has 0 fully saturated rings. The maximum atomic E-state index is 13.4. The van der Waals surface area contributed by atoms with Crippen LogP contribution in [-0.2, 0) is 14.8 Å². The lowest BCUT2D eigenvalue weighted by molar-refractivity contribution is -0.119. The monoisotopic (exact) mass is 469 g/mol. The van der Waals surface area contributed by atoms with Gasteiger partial charge >= 0.3 is 0 Å². The number of benzene rings is 3. The van der Waals surface area contributed by atoms with Crippen molar-refractivity contribution < 1.29 is 13.2 Å². The highest BCUT2D eigenvalue weighted by Crippen LogP contribution is 2.24. The van der Waals surface area contributed by atoms with Gasteiger partial charge in [-0.15, -0.1) is 0 Å². The molecule has 8 heteroatoms. The molecular formula is C24H24ClN3O3S. The Morgan fingerprint density at radius 2 is 1.44 bits per heavy atom. The van der Waals surface area contributed by atoms with Crippen LogP contribution in [-0.4, -0.2) is 26.6 Å². The molecule has 0 radical (unpaired) electrons. The first-order valence-electron chi connectivity index (χ1n) is 9.92. The lowest BCUT2D eigenvalue weighted by atomic mass is 10.1. The molecule has 0 bridgehead atoms. The van der Waals surface area contributed by atoms with Gasteiger partial charge in [-0.05, 0) is 62.7 Å². The van der Waals surface area contributed by atoms with Crippen molar-refractivity contribution in [1.29, 1.82) is 0 Å². The van der Waals surface area contributed by atoms with E-state index in [0.717, 1.165) is 21.0 Å². The second-order valence-corrected chi connectivity index (χ2v) is 9.70. The molecular weight excluding hydrogens is 446 g/mol. The van der Waals surface area contributed by atoms with Crippen molar-refractivity contribution in [3.63, 3.8) is 0 Å². The van der Waals surface area contributed by atoms with Crippen molar-refractivity contribution in [2.45, 2.75) is 25.7 Å². The third-order valence-corrected chi connectivity index (χ3v) is 6.87. The predicted molar refractivity (Wildman–Crippen MR) is 129 cm³/mol. The SMILES string of the molecule is C/C(=N/NC(=O)CN(c1ccc(C)cc1)S(=O)(=O)c1ccc(C)cc1)c1ccc(Cl)cc1. The number of aryl methyl sites for hydroxylation is 2. The fourth-order valence-electron chi connectivity index (χ4n) is 2.93. The van der Waals surface area contributed by atoms with Gasteiger partial charge in [0.2, 0.25) is 0 Å². The van der Waals surface area contributed by atoms with E-state index in [4.69, 9.17) is 11.6 Å². The van der Waals surface area contributed by atoms with Crippen LogP contribution in [0.2, 0.25) is 5.02 Å². The molecule has 0 aliphatic rings. The fourth-order valence-corrected chi connectivity index (χ4v) is 4.48. The van der Waals surface area contributed by atoms with Crippen LogP contribution in [0.25, 0.3) is 0 Å². The highest BCUT2D eigenvalue weighted by molar-refractivity contribution is 7.92. The molecule has 1 amide bonds. The first-order valence-corrected chi connectivity index (χ1v) is 11.7. The maximum absolute atomic E-state index is 13.4. The van der Waals surface area contributed by atoms with Crippen LogP contribution >= 0.6 is 11.6 Å². The fraction of sp³-hybridized carbons (Fsp3) is 0.167. The van der Waals surface area contributed by atoms with E-state index >= 15 is 0 Å². The van der Waals surface area contributed by atoms with E-state index in [0.29, 0.717) is 16.4 Å². The van der Waals surface area contributed by atoms with Crippen molar-refractivity contribution in [3.8, 4) is 0 Å². The minimum atomic E-state index is -3.96. The molecule has 1 N–H and O–H groups in total. The van der Waals surface area contributed by atoms with Gasteiger partial charge in [0.1, 0.15) is 6.54 Å². The number of rotatable bonds is 7. The summed E-state index contributed by atoms with van der Waals surface area (Å²) in [6.45, 7) is 5.10. The summed E-state index contributed by atoms with van der Waals surface area (Å²) in [6, 6.07) is 20.5. The van der Waals surface area contributed by atoms with Crippen LogP contribution < -0.4 is 9.73 Å². The molecule has 0 heterocycles. The van der Waals surface area contributed by atoms with Gasteiger partial charge in [-0.2, -0.15) is 5.10 Å². The lowest BCUT2D eigenvalue weighted by Crippen LogP contribution is -2.39. The van der Waals surface area contributed by atoms with Crippen molar-refractivity contribution in [1.82, 2.24) is 5.43 Å². The number of halogens is 1. The first-order chi connectivity index (χ1) is 15.2. The molecule has 3 aromatic rings. The van der Waals surface area contributed by atoms with E-state index in [-0.39, 0.29) is 4.90 Å². The lowest BCUT2D eigenvalue weighted by Gasteiger charge is -2.24. The Bertz CT molecular complexity index is 1220. The summed E-state index contributed by atoms with van der Waals surface area (Å²) in [6.07, 6.45) is 0. The van der Waals surface area contributed by atoms with Crippen LogP contribution in [0.5, 0.6) is 0 Å². The maximum Gasteiger partial charge on any atom is 0.264 e. The van der Waals surface area contributed by atoms with E-state index in [1.807, 2.05) is 13.8 Å².